The molecule has 78 valence electrons. The van der Waals surface area contributed by atoms with Gasteiger partial charge in [-0.05, 0) is 18.6 Å². The van der Waals surface area contributed by atoms with Crippen LogP contribution >= 0.6 is 0 Å². The fourth-order valence-corrected chi connectivity index (χ4v) is 1.25. The molecule has 0 heterocycles. The molecule has 0 aliphatic heterocycles. The van der Waals surface area contributed by atoms with Gasteiger partial charge >= 0.3 is 0 Å². The Bertz CT molecular complexity index is 436. The van der Waals surface area contributed by atoms with Crippen LogP contribution < -0.4 is 5.73 Å². The molecule has 15 heavy (non-hydrogen) atoms. The summed E-state index contributed by atoms with van der Waals surface area (Å²) in [6.07, 6.45) is 3.17. The topological polar surface area (TPSA) is 69.2 Å². The van der Waals surface area contributed by atoms with Gasteiger partial charge in [0.1, 0.15) is 0 Å². The van der Waals surface area contributed by atoms with Crippen molar-refractivity contribution >= 4 is 11.4 Å². The van der Waals surface area contributed by atoms with Crippen molar-refractivity contribution in [1.82, 2.24) is 0 Å². The second kappa shape index (κ2) is 4.41. The number of benzene rings is 1. The molecule has 0 unspecified atom stereocenters. The van der Waals surface area contributed by atoms with Gasteiger partial charge in [0.15, 0.2) is 0 Å². The van der Waals surface area contributed by atoms with Crippen molar-refractivity contribution < 1.29 is 4.92 Å². The summed E-state index contributed by atoms with van der Waals surface area (Å²) in [5.74, 6) is 0. The number of non-ortho nitro benzene ring substituents is 1. The molecule has 0 spiro atoms. The molecule has 0 amide bonds. The van der Waals surface area contributed by atoms with E-state index in [0.717, 1.165) is 5.56 Å². The van der Waals surface area contributed by atoms with E-state index in [-0.39, 0.29) is 5.69 Å². The molecule has 4 heteroatoms. The van der Waals surface area contributed by atoms with E-state index in [0.29, 0.717) is 11.3 Å². The quantitative estimate of drug-likeness (QED) is 0.467. The average molecular weight is 204 g/mol. The van der Waals surface area contributed by atoms with Crippen LogP contribution in [0.15, 0.2) is 36.9 Å². The molecular formula is C11H12N2O2. The first-order valence-corrected chi connectivity index (χ1v) is 4.40. The molecule has 0 fully saturated rings. The third kappa shape index (κ3) is 2.43. The Kier molecular flexibility index (Phi) is 3.23. The molecule has 0 radical (unpaired) electrons. The van der Waals surface area contributed by atoms with Crippen molar-refractivity contribution in [3.05, 3.63) is 58.2 Å². The minimum Gasteiger partial charge on any atom is -0.398 e. The number of aryl methyl sites for hydroxylation is 1. The molecule has 0 aromatic heterocycles. The van der Waals surface area contributed by atoms with Crippen molar-refractivity contribution in [3.63, 3.8) is 0 Å². The minimum absolute atomic E-state index is 0.0380. The zero-order chi connectivity index (χ0) is 11.4. The molecule has 1 aromatic rings. The smallest absolute Gasteiger partial charge is 0.270 e. The Morgan fingerprint density at radius 3 is 2.80 bits per heavy atom. The van der Waals surface area contributed by atoms with Crippen LogP contribution in [0.1, 0.15) is 11.1 Å². The number of nitrogens with two attached hydrogens (primary N) is 1. The lowest BCUT2D eigenvalue weighted by atomic mass is 10.0. The molecular weight excluding hydrogens is 192 g/mol. The summed E-state index contributed by atoms with van der Waals surface area (Å²) in [5, 5.41) is 10.6. The van der Waals surface area contributed by atoms with Gasteiger partial charge in [-0.25, -0.2) is 0 Å². The van der Waals surface area contributed by atoms with Gasteiger partial charge in [-0.15, -0.1) is 0 Å². The second-order valence-corrected chi connectivity index (χ2v) is 3.11. The maximum atomic E-state index is 10.6. The highest BCUT2D eigenvalue weighted by Gasteiger charge is 2.09. The van der Waals surface area contributed by atoms with Crippen LogP contribution in [0, 0.1) is 17.0 Å². The summed E-state index contributed by atoms with van der Waals surface area (Å²) in [6.45, 7) is 5.37. The van der Waals surface area contributed by atoms with Crippen LogP contribution in [0.4, 0.5) is 5.69 Å². The summed E-state index contributed by atoms with van der Waals surface area (Å²) in [5.41, 5.74) is 7.83. The molecule has 2 N–H and O–H groups in total. The van der Waals surface area contributed by atoms with Crippen LogP contribution in [-0.2, 0) is 0 Å². The van der Waals surface area contributed by atoms with Gasteiger partial charge in [-0.3, -0.25) is 10.1 Å². The largest absolute Gasteiger partial charge is 0.398 e. The highest BCUT2D eigenvalue weighted by molar-refractivity contribution is 5.68. The SMILES string of the molecule is C=C/C=C(/N)c1cc([N+](=O)[O-])ccc1C. The first kappa shape index (κ1) is 11.0. The fourth-order valence-electron chi connectivity index (χ4n) is 1.25. The van der Waals surface area contributed by atoms with Crippen LogP contribution in [0.25, 0.3) is 5.70 Å². The number of allylic oxidation sites excluding steroid dienone is 2. The lowest BCUT2D eigenvalue weighted by Crippen LogP contribution is -1.99. The van der Waals surface area contributed by atoms with Gasteiger partial charge in [-0.2, -0.15) is 0 Å². The predicted molar refractivity (Wildman–Crippen MR) is 60.2 cm³/mol. The Morgan fingerprint density at radius 2 is 2.27 bits per heavy atom. The zero-order valence-electron chi connectivity index (χ0n) is 8.43. The van der Waals surface area contributed by atoms with E-state index in [1.807, 2.05) is 6.92 Å². The Hall–Kier alpha value is -2.10. The lowest BCUT2D eigenvalue weighted by Gasteiger charge is -2.04. The first-order chi connectivity index (χ1) is 7.06. The van der Waals surface area contributed by atoms with Crippen LogP contribution in [0.3, 0.4) is 0 Å². The monoisotopic (exact) mass is 204 g/mol. The van der Waals surface area contributed by atoms with E-state index in [2.05, 4.69) is 6.58 Å². The molecule has 0 saturated carbocycles. The first-order valence-electron chi connectivity index (χ1n) is 4.40. The zero-order valence-corrected chi connectivity index (χ0v) is 8.43. The van der Waals surface area contributed by atoms with Gasteiger partial charge in [0.25, 0.3) is 5.69 Å². The normalized spacial score (nSPS) is 11.1. The maximum absolute atomic E-state index is 10.6. The summed E-state index contributed by atoms with van der Waals surface area (Å²) >= 11 is 0. The van der Waals surface area contributed by atoms with Crippen molar-refractivity contribution in [3.8, 4) is 0 Å². The summed E-state index contributed by atoms with van der Waals surface area (Å²) in [6, 6.07) is 4.60. The van der Waals surface area contributed by atoms with Crippen molar-refractivity contribution in [2.45, 2.75) is 6.92 Å². The molecule has 0 aliphatic rings. The van der Waals surface area contributed by atoms with Crippen molar-refractivity contribution in [1.29, 1.82) is 0 Å². The third-order valence-corrected chi connectivity index (χ3v) is 2.04. The van der Waals surface area contributed by atoms with E-state index < -0.39 is 4.92 Å². The molecule has 4 nitrogen and oxygen atoms in total. The van der Waals surface area contributed by atoms with Gasteiger partial charge < -0.3 is 5.73 Å². The molecule has 0 atom stereocenters. The van der Waals surface area contributed by atoms with E-state index in [9.17, 15) is 10.1 Å². The van der Waals surface area contributed by atoms with Crippen LogP contribution in [0.2, 0.25) is 0 Å². The van der Waals surface area contributed by atoms with Crippen LogP contribution in [0.5, 0.6) is 0 Å². The van der Waals surface area contributed by atoms with E-state index >= 15 is 0 Å². The number of nitro benzene ring substituents is 1. The Balaban J connectivity index is 3.28. The number of hydrogen-bond donors (Lipinski definition) is 1. The highest BCUT2D eigenvalue weighted by Crippen LogP contribution is 2.21. The lowest BCUT2D eigenvalue weighted by molar-refractivity contribution is -0.384. The summed E-state index contributed by atoms with van der Waals surface area (Å²) < 4.78 is 0. The maximum Gasteiger partial charge on any atom is 0.270 e. The molecule has 1 rings (SSSR count). The number of nitrogens with zero attached hydrogens (tertiary/aromatic N) is 1. The van der Waals surface area contributed by atoms with E-state index in [1.165, 1.54) is 12.1 Å². The number of nitro groups is 1. The molecule has 0 aliphatic carbocycles. The standard InChI is InChI=1S/C11H12N2O2/c1-3-4-11(12)10-7-9(13(14)15)6-5-8(10)2/h3-7H,1,12H2,2H3/b11-4+. The van der Waals surface area contributed by atoms with Crippen LogP contribution in [-0.4, -0.2) is 4.92 Å². The minimum atomic E-state index is -0.440. The summed E-state index contributed by atoms with van der Waals surface area (Å²) in [4.78, 5) is 10.1. The Morgan fingerprint density at radius 1 is 1.60 bits per heavy atom. The number of hydrogen-bond acceptors (Lipinski definition) is 3. The van der Waals surface area contributed by atoms with Gasteiger partial charge in [0, 0.05) is 23.4 Å². The van der Waals surface area contributed by atoms with E-state index in [1.54, 1.807) is 18.2 Å². The summed E-state index contributed by atoms with van der Waals surface area (Å²) in [7, 11) is 0. The molecule has 0 bridgehead atoms. The van der Waals surface area contributed by atoms with E-state index in [4.69, 9.17) is 5.73 Å². The average Bonchev–Trinajstić information content (AvgIpc) is 2.18. The molecule has 0 saturated heterocycles. The second-order valence-electron chi connectivity index (χ2n) is 3.11. The van der Waals surface area contributed by atoms with Gasteiger partial charge in [0.05, 0.1) is 4.92 Å². The Labute approximate surface area is 87.9 Å². The predicted octanol–water partition coefficient (Wildman–Crippen LogP) is 2.39. The van der Waals surface area contributed by atoms with Crippen molar-refractivity contribution in [2.75, 3.05) is 0 Å². The van der Waals surface area contributed by atoms with Gasteiger partial charge in [-0.1, -0.05) is 18.7 Å². The highest BCUT2D eigenvalue weighted by atomic mass is 16.6. The molecule has 1 aromatic carbocycles. The van der Waals surface area contributed by atoms with Crippen molar-refractivity contribution in [2.24, 2.45) is 5.73 Å². The fraction of sp³-hybridized carbons (Fsp3) is 0.0909. The number of rotatable bonds is 3. The van der Waals surface area contributed by atoms with Gasteiger partial charge in [0.2, 0.25) is 0 Å². The third-order valence-electron chi connectivity index (χ3n) is 2.04.